The van der Waals surface area contributed by atoms with Crippen LogP contribution in [0.2, 0.25) is 0 Å². The summed E-state index contributed by atoms with van der Waals surface area (Å²) in [5, 5.41) is 3.32. The van der Waals surface area contributed by atoms with Gasteiger partial charge in [0.25, 0.3) is 5.56 Å². The minimum absolute atomic E-state index is 0.0709. The SMILES string of the molecule is Cc1cc(C(C)NCc2cc(=O)n(C)c(=O)n2C)c(C)o1. The van der Waals surface area contributed by atoms with Gasteiger partial charge in [0, 0.05) is 44.0 Å². The first-order chi connectivity index (χ1) is 9.81. The monoisotopic (exact) mass is 291 g/mol. The van der Waals surface area contributed by atoms with Crippen molar-refractivity contribution >= 4 is 0 Å². The number of furan rings is 1. The van der Waals surface area contributed by atoms with Gasteiger partial charge in [-0.25, -0.2) is 4.79 Å². The highest BCUT2D eigenvalue weighted by Crippen LogP contribution is 2.21. The van der Waals surface area contributed by atoms with Gasteiger partial charge in [-0.05, 0) is 26.8 Å². The second kappa shape index (κ2) is 5.73. The van der Waals surface area contributed by atoms with Crippen LogP contribution in [0.15, 0.2) is 26.1 Å². The molecule has 2 aromatic rings. The van der Waals surface area contributed by atoms with E-state index in [0.717, 1.165) is 21.7 Å². The van der Waals surface area contributed by atoms with Gasteiger partial charge in [-0.2, -0.15) is 0 Å². The Morgan fingerprint density at radius 3 is 2.43 bits per heavy atom. The molecule has 1 unspecified atom stereocenters. The zero-order chi connectivity index (χ0) is 15.7. The lowest BCUT2D eigenvalue weighted by atomic mass is 10.1. The molecule has 0 saturated heterocycles. The Morgan fingerprint density at radius 1 is 1.19 bits per heavy atom. The van der Waals surface area contributed by atoms with E-state index in [1.54, 1.807) is 7.05 Å². The van der Waals surface area contributed by atoms with Gasteiger partial charge in [0.15, 0.2) is 0 Å². The Balaban J connectivity index is 2.19. The maximum Gasteiger partial charge on any atom is 0.330 e. The van der Waals surface area contributed by atoms with Gasteiger partial charge < -0.3 is 9.73 Å². The molecule has 0 amide bonds. The zero-order valence-corrected chi connectivity index (χ0v) is 13.1. The Bertz CT molecular complexity index is 767. The van der Waals surface area contributed by atoms with Crippen LogP contribution in [0.1, 0.15) is 35.7 Å². The number of nitrogens with zero attached hydrogens (tertiary/aromatic N) is 2. The van der Waals surface area contributed by atoms with Crippen LogP contribution in [0, 0.1) is 13.8 Å². The minimum Gasteiger partial charge on any atom is -0.466 e. The van der Waals surface area contributed by atoms with E-state index in [1.807, 2.05) is 26.8 Å². The van der Waals surface area contributed by atoms with Crippen LogP contribution in [0.25, 0.3) is 0 Å². The maximum absolute atomic E-state index is 11.9. The van der Waals surface area contributed by atoms with Crippen LogP contribution < -0.4 is 16.6 Å². The molecule has 1 atom stereocenters. The molecule has 6 heteroatoms. The van der Waals surface area contributed by atoms with Crippen molar-refractivity contribution in [1.82, 2.24) is 14.5 Å². The highest BCUT2D eigenvalue weighted by Gasteiger charge is 2.13. The summed E-state index contributed by atoms with van der Waals surface area (Å²) >= 11 is 0. The molecule has 114 valence electrons. The molecule has 6 nitrogen and oxygen atoms in total. The second-order valence-corrected chi connectivity index (χ2v) is 5.35. The first kappa shape index (κ1) is 15.3. The van der Waals surface area contributed by atoms with E-state index < -0.39 is 0 Å². The normalized spacial score (nSPS) is 12.6. The van der Waals surface area contributed by atoms with Crippen LogP contribution in [0.3, 0.4) is 0 Å². The molecule has 0 radical (unpaired) electrons. The van der Waals surface area contributed by atoms with Crippen molar-refractivity contribution < 1.29 is 4.42 Å². The number of aromatic nitrogens is 2. The fraction of sp³-hybridized carbons (Fsp3) is 0.467. The topological polar surface area (TPSA) is 69.2 Å². The standard InChI is InChI=1S/C15H21N3O3/c1-9-6-13(11(3)21-9)10(2)16-8-12-7-14(19)18(5)15(20)17(12)4/h6-7,10,16H,8H2,1-5H3. The van der Waals surface area contributed by atoms with Crippen LogP contribution in [0.4, 0.5) is 0 Å². The van der Waals surface area contributed by atoms with E-state index >= 15 is 0 Å². The summed E-state index contributed by atoms with van der Waals surface area (Å²) in [6.45, 7) is 6.30. The van der Waals surface area contributed by atoms with Gasteiger partial charge in [0.05, 0.1) is 0 Å². The fourth-order valence-corrected chi connectivity index (χ4v) is 2.40. The summed E-state index contributed by atoms with van der Waals surface area (Å²) < 4.78 is 8.09. The van der Waals surface area contributed by atoms with Crippen LogP contribution in [-0.2, 0) is 20.6 Å². The Hall–Kier alpha value is -2.08. The first-order valence-corrected chi connectivity index (χ1v) is 6.87. The Kier molecular flexibility index (Phi) is 4.18. The summed E-state index contributed by atoms with van der Waals surface area (Å²) in [6.07, 6.45) is 0. The summed E-state index contributed by atoms with van der Waals surface area (Å²) in [6, 6.07) is 3.55. The quantitative estimate of drug-likeness (QED) is 0.917. The van der Waals surface area contributed by atoms with E-state index in [-0.39, 0.29) is 17.3 Å². The fourth-order valence-electron chi connectivity index (χ4n) is 2.40. The van der Waals surface area contributed by atoms with E-state index in [0.29, 0.717) is 12.2 Å². The van der Waals surface area contributed by atoms with Crippen LogP contribution in [0.5, 0.6) is 0 Å². The van der Waals surface area contributed by atoms with Crippen molar-refractivity contribution in [1.29, 1.82) is 0 Å². The van der Waals surface area contributed by atoms with Gasteiger partial charge >= 0.3 is 5.69 Å². The lowest BCUT2D eigenvalue weighted by molar-refractivity contribution is 0.486. The van der Waals surface area contributed by atoms with E-state index in [1.165, 1.54) is 17.7 Å². The average molecular weight is 291 g/mol. The third-order valence-electron chi connectivity index (χ3n) is 3.76. The zero-order valence-electron chi connectivity index (χ0n) is 13.1. The second-order valence-electron chi connectivity index (χ2n) is 5.35. The molecular weight excluding hydrogens is 270 g/mol. The van der Waals surface area contributed by atoms with Gasteiger partial charge in [0.2, 0.25) is 0 Å². The summed E-state index contributed by atoms with van der Waals surface area (Å²) in [5.41, 5.74) is 1.13. The third kappa shape index (κ3) is 3.00. The van der Waals surface area contributed by atoms with E-state index in [2.05, 4.69) is 5.32 Å². The molecular formula is C15H21N3O3. The molecule has 0 aliphatic rings. The number of hydrogen-bond donors (Lipinski definition) is 1. The molecule has 2 heterocycles. The first-order valence-electron chi connectivity index (χ1n) is 6.87. The van der Waals surface area contributed by atoms with Gasteiger partial charge in [-0.15, -0.1) is 0 Å². The lowest BCUT2D eigenvalue weighted by Gasteiger charge is -2.15. The third-order valence-corrected chi connectivity index (χ3v) is 3.76. The number of hydrogen-bond acceptors (Lipinski definition) is 4. The molecule has 1 N–H and O–H groups in total. The van der Waals surface area contributed by atoms with E-state index in [9.17, 15) is 9.59 Å². The van der Waals surface area contributed by atoms with Crippen molar-refractivity contribution in [2.24, 2.45) is 14.1 Å². The van der Waals surface area contributed by atoms with Gasteiger partial charge in [0.1, 0.15) is 11.5 Å². The van der Waals surface area contributed by atoms with Crippen molar-refractivity contribution in [2.75, 3.05) is 0 Å². The van der Waals surface area contributed by atoms with Crippen LogP contribution in [-0.4, -0.2) is 9.13 Å². The minimum atomic E-state index is -0.317. The number of rotatable bonds is 4. The molecule has 0 bridgehead atoms. The summed E-state index contributed by atoms with van der Waals surface area (Å²) in [4.78, 5) is 23.6. The number of aryl methyl sites for hydroxylation is 2. The number of nitrogens with one attached hydrogen (secondary N) is 1. The molecule has 0 spiro atoms. The van der Waals surface area contributed by atoms with Gasteiger partial charge in [-0.1, -0.05) is 0 Å². The van der Waals surface area contributed by atoms with Crippen molar-refractivity contribution in [3.63, 3.8) is 0 Å². The largest absolute Gasteiger partial charge is 0.466 e. The van der Waals surface area contributed by atoms with E-state index in [4.69, 9.17) is 4.42 Å². The molecule has 2 aromatic heterocycles. The van der Waals surface area contributed by atoms with Crippen molar-refractivity contribution in [3.8, 4) is 0 Å². The highest BCUT2D eigenvalue weighted by atomic mass is 16.3. The molecule has 0 fully saturated rings. The average Bonchev–Trinajstić information content (AvgIpc) is 2.77. The van der Waals surface area contributed by atoms with Gasteiger partial charge in [-0.3, -0.25) is 13.9 Å². The van der Waals surface area contributed by atoms with Crippen molar-refractivity contribution in [3.05, 3.63) is 55.7 Å². The molecule has 0 aromatic carbocycles. The molecule has 0 aliphatic carbocycles. The molecule has 0 aliphatic heterocycles. The molecule has 21 heavy (non-hydrogen) atoms. The Morgan fingerprint density at radius 2 is 1.86 bits per heavy atom. The van der Waals surface area contributed by atoms with Crippen LogP contribution >= 0.6 is 0 Å². The predicted molar refractivity (Wildman–Crippen MR) is 80.4 cm³/mol. The molecule has 2 rings (SSSR count). The predicted octanol–water partition coefficient (Wildman–Crippen LogP) is 1.14. The summed E-state index contributed by atoms with van der Waals surface area (Å²) in [7, 11) is 3.14. The molecule has 0 saturated carbocycles. The summed E-state index contributed by atoms with van der Waals surface area (Å²) in [5.74, 6) is 1.75. The lowest BCUT2D eigenvalue weighted by Crippen LogP contribution is -2.39. The Labute approximate surface area is 123 Å². The smallest absolute Gasteiger partial charge is 0.330 e. The van der Waals surface area contributed by atoms with Crippen molar-refractivity contribution in [2.45, 2.75) is 33.4 Å². The highest BCUT2D eigenvalue weighted by molar-refractivity contribution is 5.23. The maximum atomic E-state index is 11.9.